The molecule has 0 aromatic heterocycles. The summed E-state index contributed by atoms with van der Waals surface area (Å²) in [6.07, 6.45) is 0. The Hall–Kier alpha value is -0.390. The molecule has 2 aromatic carbocycles. The molecule has 0 spiro atoms. The smallest absolute Gasteiger partial charge is 0.0587 e. The predicted molar refractivity (Wildman–Crippen MR) is 93.6 cm³/mol. The average molecular weight is 430 g/mol. The second kappa shape index (κ2) is 6.86. The highest BCUT2D eigenvalue weighted by atomic mass is 127. The molecule has 2 aromatic rings. The van der Waals surface area contributed by atoms with E-state index in [2.05, 4.69) is 100 Å². The minimum Gasteiger partial charge on any atom is -0.306 e. The Morgan fingerprint density at radius 1 is 1.16 bits per heavy atom. The van der Waals surface area contributed by atoms with Crippen molar-refractivity contribution in [2.24, 2.45) is 0 Å². The minimum atomic E-state index is 0.245. The SMILES string of the molecule is CCNC(c1ccc(C)cc1)c1cc(Br)ccc1I. The van der Waals surface area contributed by atoms with Crippen LogP contribution in [0.3, 0.4) is 0 Å². The zero-order valence-electron chi connectivity index (χ0n) is 11.1. The Labute approximate surface area is 137 Å². The molecule has 0 amide bonds. The quantitative estimate of drug-likeness (QED) is 0.669. The van der Waals surface area contributed by atoms with Gasteiger partial charge in [-0.1, -0.05) is 52.7 Å². The maximum Gasteiger partial charge on any atom is 0.0587 e. The first-order valence-electron chi connectivity index (χ1n) is 6.36. The molecule has 0 saturated carbocycles. The van der Waals surface area contributed by atoms with E-state index in [9.17, 15) is 0 Å². The molecule has 0 aliphatic rings. The van der Waals surface area contributed by atoms with Crippen molar-refractivity contribution in [3.05, 3.63) is 67.2 Å². The molecule has 3 heteroatoms. The molecule has 0 radical (unpaired) electrons. The van der Waals surface area contributed by atoms with Gasteiger partial charge in [0.2, 0.25) is 0 Å². The molecule has 1 nitrogen and oxygen atoms in total. The van der Waals surface area contributed by atoms with E-state index in [4.69, 9.17) is 0 Å². The molecule has 100 valence electrons. The van der Waals surface area contributed by atoms with Gasteiger partial charge in [0, 0.05) is 8.04 Å². The Morgan fingerprint density at radius 3 is 2.47 bits per heavy atom. The Balaban J connectivity index is 2.44. The van der Waals surface area contributed by atoms with Gasteiger partial charge in [-0.25, -0.2) is 0 Å². The zero-order chi connectivity index (χ0) is 13.8. The standard InChI is InChI=1S/C16H17BrIN/c1-3-19-16(12-6-4-11(2)5-7-12)14-10-13(17)8-9-15(14)18/h4-10,16,19H,3H2,1-2H3. The van der Waals surface area contributed by atoms with Gasteiger partial charge < -0.3 is 5.32 Å². The predicted octanol–water partition coefficient (Wildman–Crippen LogP) is 5.06. The summed E-state index contributed by atoms with van der Waals surface area (Å²) in [6, 6.07) is 15.4. The van der Waals surface area contributed by atoms with Crippen LogP contribution >= 0.6 is 38.5 Å². The van der Waals surface area contributed by atoms with Crippen LogP contribution in [-0.2, 0) is 0 Å². The molecular formula is C16H17BrIN. The van der Waals surface area contributed by atoms with Gasteiger partial charge in [0.25, 0.3) is 0 Å². The summed E-state index contributed by atoms with van der Waals surface area (Å²) in [7, 11) is 0. The lowest BCUT2D eigenvalue weighted by atomic mass is 9.98. The van der Waals surface area contributed by atoms with Crippen molar-refractivity contribution in [3.63, 3.8) is 0 Å². The minimum absolute atomic E-state index is 0.245. The van der Waals surface area contributed by atoms with Crippen molar-refractivity contribution in [3.8, 4) is 0 Å². The fraction of sp³-hybridized carbons (Fsp3) is 0.250. The second-order valence-electron chi connectivity index (χ2n) is 4.57. The molecule has 0 aliphatic heterocycles. The van der Waals surface area contributed by atoms with Crippen molar-refractivity contribution < 1.29 is 0 Å². The van der Waals surface area contributed by atoms with Gasteiger partial charge in [0.15, 0.2) is 0 Å². The lowest BCUT2D eigenvalue weighted by Gasteiger charge is -2.21. The molecule has 0 fully saturated rings. The van der Waals surface area contributed by atoms with Crippen LogP contribution in [0, 0.1) is 10.5 Å². The number of nitrogens with one attached hydrogen (secondary N) is 1. The van der Waals surface area contributed by atoms with Gasteiger partial charge in [-0.2, -0.15) is 0 Å². The van der Waals surface area contributed by atoms with Gasteiger partial charge in [-0.05, 0) is 65.4 Å². The molecule has 19 heavy (non-hydrogen) atoms. The van der Waals surface area contributed by atoms with Gasteiger partial charge in [-0.3, -0.25) is 0 Å². The molecule has 2 rings (SSSR count). The third kappa shape index (κ3) is 3.80. The van der Waals surface area contributed by atoms with Crippen molar-refractivity contribution in [1.29, 1.82) is 0 Å². The van der Waals surface area contributed by atoms with Gasteiger partial charge in [0.1, 0.15) is 0 Å². The Kier molecular flexibility index (Phi) is 5.42. The Morgan fingerprint density at radius 2 is 1.84 bits per heavy atom. The highest BCUT2D eigenvalue weighted by Gasteiger charge is 2.15. The van der Waals surface area contributed by atoms with Crippen molar-refractivity contribution in [2.75, 3.05) is 6.54 Å². The van der Waals surface area contributed by atoms with E-state index < -0.39 is 0 Å². The van der Waals surface area contributed by atoms with E-state index in [-0.39, 0.29) is 6.04 Å². The number of hydrogen-bond acceptors (Lipinski definition) is 1. The Bertz CT molecular complexity index is 551. The van der Waals surface area contributed by atoms with Crippen LogP contribution in [0.2, 0.25) is 0 Å². The molecular weight excluding hydrogens is 413 g/mol. The lowest BCUT2D eigenvalue weighted by molar-refractivity contribution is 0.628. The molecule has 1 N–H and O–H groups in total. The van der Waals surface area contributed by atoms with Crippen LogP contribution in [0.1, 0.15) is 29.7 Å². The first-order valence-corrected chi connectivity index (χ1v) is 8.24. The molecule has 1 unspecified atom stereocenters. The molecule has 0 saturated heterocycles. The number of hydrogen-bond donors (Lipinski definition) is 1. The van der Waals surface area contributed by atoms with Crippen LogP contribution < -0.4 is 5.32 Å². The van der Waals surface area contributed by atoms with E-state index in [1.807, 2.05) is 0 Å². The maximum absolute atomic E-state index is 3.58. The summed E-state index contributed by atoms with van der Waals surface area (Å²) in [5.74, 6) is 0. The summed E-state index contributed by atoms with van der Waals surface area (Å²) in [5, 5.41) is 3.58. The highest BCUT2D eigenvalue weighted by Crippen LogP contribution is 2.29. The van der Waals surface area contributed by atoms with Crippen LogP contribution in [0.25, 0.3) is 0 Å². The van der Waals surface area contributed by atoms with Gasteiger partial charge >= 0.3 is 0 Å². The van der Waals surface area contributed by atoms with E-state index in [1.165, 1.54) is 20.3 Å². The van der Waals surface area contributed by atoms with Crippen molar-refractivity contribution in [1.82, 2.24) is 5.32 Å². The number of rotatable bonds is 4. The second-order valence-corrected chi connectivity index (χ2v) is 6.65. The van der Waals surface area contributed by atoms with Crippen LogP contribution in [-0.4, -0.2) is 6.54 Å². The van der Waals surface area contributed by atoms with E-state index >= 15 is 0 Å². The summed E-state index contributed by atoms with van der Waals surface area (Å²) in [4.78, 5) is 0. The monoisotopic (exact) mass is 429 g/mol. The number of halogens is 2. The summed E-state index contributed by atoms with van der Waals surface area (Å²) in [6.45, 7) is 5.21. The third-order valence-electron chi connectivity index (χ3n) is 3.09. The van der Waals surface area contributed by atoms with E-state index in [0.29, 0.717) is 0 Å². The number of aryl methyl sites for hydroxylation is 1. The molecule has 0 heterocycles. The topological polar surface area (TPSA) is 12.0 Å². The van der Waals surface area contributed by atoms with Crippen molar-refractivity contribution in [2.45, 2.75) is 19.9 Å². The first-order chi connectivity index (χ1) is 9.11. The van der Waals surface area contributed by atoms with Crippen molar-refractivity contribution >= 4 is 38.5 Å². The number of benzene rings is 2. The van der Waals surface area contributed by atoms with E-state index in [0.717, 1.165) is 11.0 Å². The summed E-state index contributed by atoms with van der Waals surface area (Å²) >= 11 is 5.97. The van der Waals surface area contributed by atoms with E-state index in [1.54, 1.807) is 0 Å². The summed E-state index contributed by atoms with van der Waals surface area (Å²) in [5.41, 5.74) is 3.92. The van der Waals surface area contributed by atoms with Gasteiger partial charge in [0.05, 0.1) is 6.04 Å². The molecule has 1 atom stereocenters. The maximum atomic E-state index is 3.58. The molecule has 0 bridgehead atoms. The van der Waals surface area contributed by atoms with Crippen LogP contribution in [0.5, 0.6) is 0 Å². The highest BCUT2D eigenvalue weighted by molar-refractivity contribution is 14.1. The fourth-order valence-corrected chi connectivity index (χ4v) is 3.13. The van der Waals surface area contributed by atoms with Crippen LogP contribution in [0.4, 0.5) is 0 Å². The summed E-state index contributed by atoms with van der Waals surface area (Å²) < 4.78 is 2.41. The third-order valence-corrected chi connectivity index (χ3v) is 4.56. The zero-order valence-corrected chi connectivity index (χ0v) is 14.8. The molecule has 0 aliphatic carbocycles. The average Bonchev–Trinajstić information content (AvgIpc) is 2.40. The van der Waals surface area contributed by atoms with Crippen LogP contribution in [0.15, 0.2) is 46.9 Å². The normalized spacial score (nSPS) is 12.4. The first kappa shape index (κ1) is 15.0. The fourth-order valence-electron chi connectivity index (χ4n) is 2.11. The largest absolute Gasteiger partial charge is 0.306 e. The van der Waals surface area contributed by atoms with Gasteiger partial charge in [-0.15, -0.1) is 0 Å². The lowest BCUT2D eigenvalue weighted by Crippen LogP contribution is -2.22.